The van der Waals surface area contributed by atoms with E-state index in [0.29, 0.717) is 15.6 Å². The van der Waals surface area contributed by atoms with Crippen LogP contribution in [0.1, 0.15) is 28.4 Å². The SMILES string of the molecule is CCc1c(C)ccc(-c2c(Cl)cc(F)cc2Cl)c1NC.COC(=O)CNC(=O)c1c(F)cccc1F. The summed E-state index contributed by atoms with van der Waals surface area (Å²) in [6.45, 7) is 3.72. The largest absolute Gasteiger partial charge is 0.468 e. The Morgan fingerprint density at radius 2 is 1.58 bits per heavy atom. The van der Waals surface area contributed by atoms with Crippen molar-refractivity contribution < 1.29 is 27.5 Å². The van der Waals surface area contributed by atoms with Gasteiger partial charge in [0.15, 0.2) is 0 Å². The summed E-state index contributed by atoms with van der Waals surface area (Å²) in [7, 11) is 3.00. The molecule has 0 bridgehead atoms. The molecule has 0 unspecified atom stereocenters. The van der Waals surface area contributed by atoms with E-state index in [-0.39, 0.29) is 0 Å². The van der Waals surface area contributed by atoms with E-state index in [0.717, 1.165) is 43.0 Å². The van der Waals surface area contributed by atoms with E-state index in [1.165, 1.54) is 23.3 Å². The zero-order valence-electron chi connectivity index (χ0n) is 20.1. The molecule has 0 radical (unpaired) electrons. The van der Waals surface area contributed by atoms with Crippen LogP contribution in [-0.4, -0.2) is 32.6 Å². The minimum atomic E-state index is -0.999. The number of nitrogens with one attached hydrogen (secondary N) is 2. The van der Waals surface area contributed by atoms with Crippen molar-refractivity contribution in [1.82, 2.24) is 5.32 Å². The molecule has 0 fully saturated rings. The van der Waals surface area contributed by atoms with Crippen LogP contribution in [0.25, 0.3) is 11.1 Å². The van der Waals surface area contributed by atoms with Gasteiger partial charge in [-0.05, 0) is 48.7 Å². The summed E-state index contributed by atoms with van der Waals surface area (Å²) >= 11 is 12.4. The standard InChI is InChI=1S/C16H16Cl2FN.C10H9F2NO3/c1-4-11-9(2)5-6-12(16(11)20-3)15-13(17)7-10(19)8-14(15)18;1-16-8(14)5-13-10(15)9-6(11)3-2-4-7(9)12/h5-8,20H,4H2,1-3H3;2-4H,5H2,1H3,(H,13,15). The van der Waals surface area contributed by atoms with E-state index >= 15 is 0 Å². The van der Waals surface area contributed by atoms with Crippen LogP contribution in [0.5, 0.6) is 0 Å². The second-order valence-electron chi connectivity index (χ2n) is 7.49. The first-order valence-electron chi connectivity index (χ1n) is 10.8. The van der Waals surface area contributed by atoms with Crippen molar-refractivity contribution in [1.29, 1.82) is 0 Å². The van der Waals surface area contributed by atoms with Gasteiger partial charge in [-0.15, -0.1) is 0 Å². The molecular formula is C26H25Cl2F3N2O3. The van der Waals surface area contributed by atoms with Gasteiger partial charge < -0.3 is 15.4 Å². The molecule has 1 amide bonds. The number of benzene rings is 3. The minimum absolute atomic E-state index is 0.317. The number of halogens is 5. The highest BCUT2D eigenvalue weighted by Crippen LogP contribution is 2.41. The van der Waals surface area contributed by atoms with Crippen LogP contribution >= 0.6 is 23.2 Å². The third-order valence-electron chi connectivity index (χ3n) is 5.24. The molecule has 192 valence electrons. The Labute approximate surface area is 217 Å². The average molecular weight is 541 g/mol. The first-order chi connectivity index (χ1) is 17.0. The Bertz CT molecular complexity index is 1230. The summed E-state index contributed by atoms with van der Waals surface area (Å²) in [5.74, 6) is -4.10. The molecule has 3 aromatic rings. The highest BCUT2D eigenvalue weighted by atomic mass is 35.5. The number of anilines is 1. The number of hydrogen-bond donors (Lipinski definition) is 2. The molecule has 3 rings (SSSR count). The molecule has 5 nitrogen and oxygen atoms in total. The lowest BCUT2D eigenvalue weighted by molar-refractivity contribution is -0.139. The maximum atomic E-state index is 13.3. The number of hydrogen-bond acceptors (Lipinski definition) is 4. The van der Waals surface area contributed by atoms with Crippen LogP contribution in [0.15, 0.2) is 42.5 Å². The van der Waals surface area contributed by atoms with Crippen molar-refractivity contribution in [3.63, 3.8) is 0 Å². The van der Waals surface area contributed by atoms with Crippen LogP contribution in [0.3, 0.4) is 0 Å². The van der Waals surface area contributed by atoms with E-state index in [9.17, 15) is 22.8 Å². The molecule has 0 aromatic heterocycles. The zero-order chi connectivity index (χ0) is 27.0. The molecule has 0 spiro atoms. The number of methoxy groups -OCH3 is 1. The molecule has 0 atom stereocenters. The summed E-state index contributed by atoms with van der Waals surface area (Å²) in [6.07, 6.45) is 0.895. The molecule has 0 aliphatic carbocycles. The van der Waals surface area contributed by atoms with Crippen LogP contribution in [0.4, 0.5) is 18.9 Å². The van der Waals surface area contributed by atoms with Crippen molar-refractivity contribution in [2.24, 2.45) is 0 Å². The van der Waals surface area contributed by atoms with Crippen LogP contribution in [-0.2, 0) is 16.0 Å². The van der Waals surface area contributed by atoms with Crippen molar-refractivity contribution in [3.05, 3.63) is 86.7 Å². The minimum Gasteiger partial charge on any atom is -0.468 e. The van der Waals surface area contributed by atoms with E-state index in [1.54, 1.807) is 0 Å². The fourth-order valence-electron chi connectivity index (χ4n) is 3.53. The van der Waals surface area contributed by atoms with Gasteiger partial charge in [-0.1, -0.05) is 48.3 Å². The lowest BCUT2D eigenvalue weighted by atomic mass is 9.95. The van der Waals surface area contributed by atoms with Crippen LogP contribution in [0.2, 0.25) is 10.0 Å². The van der Waals surface area contributed by atoms with Crippen LogP contribution < -0.4 is 10.6 Å². The third kappa shape index (κ3) is 6.92. The lowest BCUT2D eigenvalue weighted by Crippen LogP contribution is -2.31. The van der Waals surface area contributed by atoms with E-state index < -0.39 is 41.4 Å². The number of carbonyl (C=O) groups is 2. The quantitative estimate of drug-likeness (QED) is 0.346. The number of rotatable bonds is 6. The lowest BCUT2D eigenvalue weighted by Gasteiger charge is -2.18. The van der Waals surface area contributed by atoms with E-state index in [1.807, 2.05) is 24.5 Å². The summed E-state index contributed by atoms with van der Waals surface area (Å²) in [4.78, 5) is 22.0. The zero-order valence-corrected chi connectivity index (χ0v) is 21.6. The Balaban J connectivity index is 0.000000261. The van der Waals surface area contributed by atoms with Gasteiger partial charge in [-0.2, -0.15) is 0 Å². The maximum Gasteiger partial charge on any atom is 0.325 e. The number of amides is 1. The molecule has 2 N–H and O–H groups in total. The van der Waals surface area contributed by atoms with Crippen molar-refractivity contribution >= 4 is 40.8 Å². The topological polar surface area (TPSA) is 67.4 Å². The molecule has 0 saturated carbocycles. The number of ether oxygens (including phenoxy) is 1. The van der Waals surface area contributed by atoms with Gasteiger partial charge >= 0.3 is 5.97 Å². The number of esters is 1. The fraction of sp³-hybridized carbons (Fsp3) is 0.231. The van der Waals surface area contributed by atoms with Gasteiger partial charge in [0, 0.05) is 23.9 Å². The molecular weight excluding hydrogens is 516 g/mol. The average Bonchev–Trinajstić information content (AvgIpc) is 2.82. The smallest absolute Gasteiger partial charge is 0.325 e. The maximum absolute atomic E-state index is 13.3. The number of aryl methyl sites for hydroxylation is 1. The highest BCUT2D eigenvalue weighted by molar-refractivity contribution is 6.39. The fourth-order valence-corrected chi connectivity index (χ4v) is 4.19. The molecule has 3 aromatic carbocycles. The van der Waals surface area contributed by atoms with Gasteiger partial charge in [0.2, 0.25) is 0 Å². The van der Waals surface area contributed by atoms with Gasteiger partial charge in [-0.3, -0.25) is 9.59 Å². The van der Waals surface area contributed by atoms with Crippen LogP contribution in [0, 0.1) is 24.4 Å². The first-order valence-corrected chi connectivity index (χ1v) is 11.5. The molecule has 0 aliphatic rings. The second kappa shape index (κ2) is 13.2. The third-order valence-corrected chi connectivity index (χ3v) is 5.83. The summed E-state index contributed by atoms with van der Waals surface area (Å²) in [5, 5.41) is 5.88. The summed E-state index contributed by atoms with van der Waals surface area (Å²) in [5.41, 5.74) is 4.24. The van der Waals surface area contributed by atoms with Gasteiger partial charge in [-0.25, -0.2) is 13.2 Å². The molecule has 0 saturated heterocycles. The molecule has 0 aliphatic heterocycles. The number of carbonyl (C=O) groups excluding carboxylic acids is 2. The van der Waals surface area contributed by atoms with Gasteiger partial charge in [0.05, 0.1) is 17.2 Å². The summed E-state index contributed by atoms with van der Waals surface area (Å²) < 4.78 is 43.8. The predicted octanol–water partition coefficient (Wildman–Crippen LogP) is 6.58. The van der Waals surface area contributed by atoms with Crippen molar-refractivity contribution in [2.45, 2.75) is 20.3 Å². The first kappa shape index (κ1) is 29.0. The Morgan fingerprint density at radius 3 is 2.08 bits per heavy atom. The summed E-state index contributed by atoms with van der Waals surface area (Å²) in [6, 6.07) is 9.62. The monoisotopic (exact) mass is 540 g/mol. The Hall–Kier alpha value is -3.23. The van der Waals surface area contributed by atoms with E-state index in [4.69, 9.17) is 23.2 Å². The predicted molar refractivity (Wildman–Crippen MR) is 136 cm³/mol. The van der Waals surface area contributed by atoms with E-state index in [2.05, 4.69) is 23.9 Å². The highest BCUT2D eigenvalue weighted by Gasteiger charge is 2.18. The second-order valence-corrected chi connectivity index (χ2v) is 8.30. The Morgan fingerprint density at radius 1 is 1.00 bits per heavy atom. The molecule has 10 heteroatoms. The Kier molecular flexibility index (Phi) is 10.6. The molecule has 36 heavy (non-hydrogen) atoms. The van der Waals surface area contributed by atoms with Crippen molar-refractivity contribution in [3.8, 4) is 11.1 Å². The van der Waals surface area contributed by atoms with Crippen molar-refractivity contribution in [2.75, 3.05) is 26.0 Å². The van der Waals surface area contributed by atoms with Gasteiger partial charge in [0.1, 0.15) is 29.6 Å². The normalized spacial score (nSPS) is 10.2. The molecule has 0 heterocycles. The van der Waals surface area contributed by atoms with Gasteiger partial charge in [0.25, 0.3) is 5.91 Å².